The zero-order valence-electron chi connectivity index (χ0n) is 18.3. The molecule has 0 bridgehead atoms. The molecule has 2 heterocycles. The summed E-state index contributed by atoms with van der Waals surface area (Å²) >= 11 is 0. The number of carbonyl (C=O) groups is 5. The van der Waals surface area contributed by atoms with Gasteiger partial charge < -0.3 is 25.5 Å². The molecule has 0 aromatic carbocycles. The number of carboxylic acids is 5. The van der Waals surface area contributed by atoms with E-state index in [2.05, 4.69) is 9.97 Å². The van der Waals surface area contributed by atoms with E-state index in [0.717, 1.165) is 4.90 Å². The van der Waals surface area contributed by atoms with Crippen LogP contribution in [0.25, 0.3) is 11.4 Å². The van der Waals surface area contributed by atoms with Gasteiger partial charge in [0.15, 0.2) is 0 Å². The molecule has 0 saturated heterocycles. The Bertz CT molecular complexity index is 1100. The highest BCUT2D eigenvalue weighted by molar-refractivity contribution is 5.89. The summed E-state index contributed by atoms with van der Waals surface area (Å²) in [6.07, 6.45) is -0.709. The zero-order valence-corrected chi connectivity index (χ0v) is 18.3. The van der Waals surface area contributed by atoms with E-state index in [4.69, 9.17) is 20.4 Å². The Hall–Kier alpha value is -4.39. The normalized spacial score (nSPS) is 10.9. The first-order valence-corrected chi connectivity index (χ1v) is 10.2. The lowest BCUT2D eigenvalue weighted by atomic mass is 9.95. The molecule has 0 amide bonds. The molecule has 0 spiro atoms. The molecule has 0 radical (unpaired) electrons. The molecule has 0 aliphatic heterocycles. The number of carboxylic acid groups (broad SMARTS) is 5. The lowest BCUT2D eigenvalue weighted by Gasteiger charge is -2.18. The van der Waals surface area contributed by atoms with Crippen LogP contribution >= 0.6 is 0 Å². The summed E-state index contributed by atoms with van der Waals surface area (Å²) in [7, 11) is 0. The van der Waals surface area contributed by atoms with Crippen molar-refractivity contribution in [1.29, 1.82) is 0 Å². The monoisotopic (exact) mass is 489 g/mol. The third-order valence-electron chi connectivity index (χ3n) is 4.72. The number of hydrogen-bond donors (Lipinski definition) is 5. The smallest absolute Gasteiger partial charge is 0.335 e. The van der Waals surface area contributed by atoms with Crippen molar-refractivity contribution in [2.75, 3.05) is 13.1 Å². The van der Waals surface area contributed by atoms with Gasteiger partial charge in [-0.25, -0.2) is 9.78 Å². The van der Waals surface area contributed by atoms with E-state index in [0.29, 0.717) is 5.69 Å². The Morgan fingerprint density at radius 1 is 0.743 bits per heavy atom. The highest BCUT2D eigenvalue weighted by Gasteiger charge is 2.20. The molecule has 0 fully saturated rings. The minimum absolute atomic E-state index is 0.0446. The van der Waals surface area contributed by atoms with Gasteiger partial charge in [0.2, 0.25) is 0 Å². The van der Waals surface area contributed by atoms with Gasteiger partial charge in [-0.15, -0.1) is 0 Å². The molecule has 13 heteroatoms. The Morgan fingerprint density at radius 3 is 1.83 bits per heavy atom. The van der Waals surface area contributed by atoms with Crippen LogP contribution < -0.4 is 0 Å². The lowest BCUT2D eigenvalue weighted by Crippen LogP contribution is -2.34. The second-order valence-electron chi connectivity index (χ2n) is 7.75. The predicted molar refractivity (Wildman–Crippen MR) is 117 cm³/mol. The first kappa shape index (κ1) is 26.9. The second-order valence-corrected chi connectivity index (χ2v) is 7.75. The van der Waals surface area contributed by atoms with E-state index >= 15 is 0 Å². The number of aromatic nitrogens is 2. The number of rotatable bonds is 14. The molecule has 2 aromatic heterocycles. The fourth-order valence-electron chi connectivity index (χ4n) is 3.44. The summed E-state index contributed by atoms with van der Waals surface area (Å²) in [5.74, 6) is -6.86. The quantitative estimate of drug-likeness (QED) is 0.250. The topological polar surface area (TPSA) is 216 Å². The molecule has 5 N–H and O–H groups in total. The van der Waals surface area contributed by atoms with Gasteiger partial charge in [0, 0.05) is 25.1 Å². The highest BCUT2D eigenvalue weighted by Crippen LogP contribution is 2.21. The molecule has 0 atom stereocenters. The van der Waals surface area contributed by atoms with E-state index in [1.807, 2.05) is 0 Å². The van der Waals surface area contributed by atoms with Crippen LogP contribution in [0.4, 0.5) is 0 Å². The Labute approximate surface area is 198 Å². The van der Waals surface area contributed by atoms with Crippen molar-refractivity contribution in [3.63, 3.8) is 0 Å². The molecular formula is C22H23N3O10. The molecule has 186 valence electrons. The lowest BCUT2D eigenvalue weighted by molar-refractivity contribution is -0.143. The van der Waals surface area contributed by atoms with Crippen LogP contribution in [0.5, 0.6) is 0 Å². The van der Waals surface area contributed by atoms with E-state index in [9.17, 15) is 29.1 Å². The van der Waals surface area contributed by atoms with Gasteiger partial charge in [-0.3, -0.25) is 29.1 Å². The van der Waals surface area contributed by atoms with Gasteiger partial charge >= 0.3 is 29.8 Å². The van der Waals surface area contributed by atoms with Crippen LogP contribution in [0.2, 0.25) is 0 Å². The average molecular weight is 489 g/mol. The van der Waals surface area contributed by atoms with E-state index < -0.39 is 48.9 Å². The SMILES string of the molecule is O=C(O)CC(CC(=O)O)Cc1cccc(-c2cc(C(=O)O)cc(CN(CC(=O)O)CC(=O)O)n2)n1. The maximum Gasteiger partial charge on any atom is 0.335 e. The zero-order chi connectivity index (χ0) is 26.1. The number of nitrogens with zero attached hydrogens (tertiary/aromatic N) is 3. The molecular weight excluding hydrogens is 466 g/mol. The molecule has 0 saturated carbocycles. The van der Waals surface area contributed by atoms with Crippen LogP contribution in [0.15, 0.2) is 30.3 Å². The van der Waals surface area contributed by atoms with Gasteiger partial charge in [0.1, 0.15) is 0 Å². The summed E-state index contributed by atoms with van der Waals surface area (Å²) in [6, 6.07) is 7.11. The first-order valence-electron chi connectivity index (χ1n) is 10.2. The van der Waals surface area contributed by atoms with Crippen molar-refractivity contribution in [3.05, 3.63) is 47.3 Å². The molecule has 0 unspecified atom stereocenters. The molecule has 2 aromatic rings. The number of hydrogen-bond acceptors (Lipinski definition) is 8. The molecule has 0 aliphatic carbocycles. The molecule has 2 rings (SSSR count). The highest BCUT2D eigenvalue weighted by atomic mass is 16.4. The Morgan fingerprint density at radius 2 is 1.31 bits per heavy atom. The molecule has 13 nitrogen and oxygen atoms in total. The van der Waals surface area contributed by atoms with Gasteiger partial charge in [0.25, 0.3) is 0 Å². The fourth-order valence-corrected chi connectivity index (χ4v) is 3.44. The summed E-state index contributed by atoms with van der Waals surface area (Å²) in [6.45, 7) is -1.47. The summed E-state index contributed by atoms with van der Waals surface area (Å²) in [5, 5.41) is 45.6. The Kier molecular flexibility index (Phi) is 9.35. The van der Waals surface area contributed by atoms with Crippen molar-refractivity contribution in [2.45, 2.75) is 25.8 Å². The standard InChI is InChI=1S/C22H23N3O10/c26-18(27)5-12(6-19(28)29)4-14-2-1-3-16(23-14)17-8-13(22(34)35)7-15(24-17)9-25(10-20(30)31)11-21(32)33/h1-3,7-8,12H,4-6,9-11H2,(H,26,27)(H,28,29)(H,30,31)(H,32,33)(H,34,35). The van der Waals surface area contributed by atoms with Gasteiger partial charge in [-0.05, 0) is 36.6 Å². The maximum absolute atomic E-state index is 11.6. The van der Waals surface area contributed by atoms with Crippen LogP contribution in [-0.2, 0) is 32.1 Å². The van der Waals surface area contributed by atoms with Gasteiger partial charge in [-0.1, -0.05) is 6.07 Å². The van der Waals surface area contributed by atoms with Crippen molar-refractivity contribution < 1.29 is 49.5 Å². The largest absolute Gasteiger partial charge is 0.481 e. The van der Waals surface area contributed by atoms with Crippen molar-refractivity contribution in [1.82, 2.24) is 14.9 Å². The van der Waals surface area contributed by atoms with E-state index in [1.54, 1.807) is 12.1 Å². The van der Waals surface area contributed by atoms with E-state index in [-0.39, 0.29) is 48.5 Å². The van der Waals surface area contributed by atoms with Crippen molar-refractivity contribution in [3.8, 4) is 11.4 Å². The number of aliphatic carboxylic acids is 4. The predicted octanol–water partition coefficient (Wildman–Crippen LogP) is 0.921. The van der Waals surface area contributed by atoms with Crippen LogP contribution in [0.1, 0.15) is 34.6 Å². The van der Waals surface area contributed by atoms with Crippen LogP contribution in [0.3, 0.4) is 0 Å². The second kappa shape index (κ2) is 12.2. The number of aromatic carboxylic acids is 1. The summed E-state index contributed by atoms with van der Waals surface area (Å²) in [4.78, 5) is 65.7. The van der Waals surface area contributed by atoms with Crippen LogP contribution in [0, 0.1) is 5.92 Å². The maximum atomic E-state index is 11.6. The summed E-state index contributed by atoms with van der Waals surface area (Å²) < 4.78 is 0. The summed E-state index contributed by atoms with van der Waals surface area (Å²) in [5.41, 5.74) is 0.624. The van der Waals surface area contributed by atoms with Crippen molar-refractivity contribution >= 4 is 29.8 Å². The average Bonchev–Trinajstić information content (AvgIpc) is 2.71. The third kappa shape index (κ3) is 9.17. The van der Waals surface area contributed by atoms with Gasteiger partial charge in [-0.2, -0.15) is 0 Å². The van der Waals surface area contributed by atoms with Gasteiger partial charge in [0.05, 0.1) is 35.7 Å². The Balaban J connectivity index is 2.40. The van der Waals surface area contributed by atoms with Crippen LogP contribution in [-0.4, -0.2) is 83.3 Å². The first-order chi connectivity index (χ1) is 16.4. The minimum atomic E-state index is -1.29. The van der Waals surface area contributed by atoms with E-state index in [1.165, 1.54) is 18.2 Å². The molecule has 35 heavy (non-hydrogen) atoms. The minimum Gasteiger partial charge on any atom is -0.481 e. The molecule has 0 aliphatic rings. The van der Waals surface area contributed by atoms with Crippen molar-refractivity contribution in [2.24, 2.45) is 5.92 Å². The number of pyridine rings is 2. The fraction of sp³-hybridized carbons (Fsp3) is 0.318. The third-order valence-corrected chi connectivity index (χ3v) is 4.72.